The zero-order chi connectivity index (χ0) is 18.2. The van der Waals surface area contributed by atoms with Crippen LogP contribution in [0.4, 0.5) is 5.69 Å². The lowest BCUT2D eigenvalue weighted by Crippen LogP contribution is -2.38. The van der Waals surface area contributed by atoms with Crippen LogP contribution in [0, 0.1) is 0 Å². The van der Waals surface area contributed by atoms with Crippen LogP contribution in [0.2, 0.25) is 0 Å². The van der Waals surface area contributed by atoms with Gasteiger partial charge in [-0.25, -0.2) is 0 Å². The Balaban J connectivity index is 1.39. The number of anilines is 1. The standard InChI is InChI=1S/C20H25N5O/c1-21-20(24-15-17-8-4-5-12-22-17)23-13-6-10-19(26)25-14-11-16-7-2-3-9-18(16)25/h2-5,7-9,12H,6,10-11,13-15H2,1H3,(H2,21,23,24). The monoisotopic (exact) mass is 351 g/mol. The number of hydrogen-bond donors (Lipinski definition) is 2. The minimum Gasteiger partial charge on any atom is -0.356 e. The molecule has 0 saturated heterocycles. The van der Waals surface area contributed by atoms with Gasteiger partial charge in [-0.2, -0.15) is 0 Å². The maximum atomic E-state index is 12.5. The van der Waals surface area contributed by atoms with E-state index in [0.717, 1.165) is 36.7 Å². The number of hydrogen-bond acceptors (Lipinski definition) is 3. The van der Waals surface area contributed by atoms with E-state index in [1.807, 2.05) is 41.3 Å². The summed E-state index contributed by atoms with van der Waals surface area (Å²) in [5.74, 6) is 0.905. The average Bonchev–Trinajstić information content (AvgIpc) is 3.12. The van der Waals surface area contributed by atoms with Crippen molar-refractivity contribution in [1.29, 1.82) is 0 Å². The van der Waals surface area contributed by atoms with E-state index in [2.05, 4.69) is 26.7 Å². The first kappa shape index (κ1) is 17.9. The van der Waals surface area contributed by atoms with Crippen molar-refractivity contribution in [3.63, 3.8) is 0 Å². The van der Waals surface area contributed by atoms with E-state index in [1.165, 1.54) is 5.56 Å². The molecule has 0 bridgehead atoms. The van der Waals surface area contributed by atoms with Crippen LogP contribution in [-0.4, -0.2) is 37.0 Å². The molecular formula is C20H25N5O. The summed E-state index contributed by atoms with van der Waals surface area (Å²) in [6, 6.07) is 14.0. The molecule has 0 radical (unpaired) electrons. The van der Waals surface area contributed by atoms with Gasteiger partial charge in [0.1, 0.15) is 0 Å². The number of nitrogens with zero attached hydrogens (tertiary/aromatic N) is 3. The van der Waals surface area contributed by atoms with Crippen molar-refractivity contribution < 1.29 is 4.79 Å². The molecule has 6 nitrogen and oxygen atoms in total. The van der Waals surface area contributed by atoms with Gasteiger partial charge >= 0.3 is 0 Å². The number of rotatable bonds is 6. The van der Waals surface area contributed by atoms with Gasteiger partial charge in [0.15, 0.2) is 5.96 Å². The summed E-state index contributed by atoms with van der Waals surface area (Å²) in [6.45, 7) is 2.10. The number of para-hydroxylation sites is 1. The maximum absolute atomic E-state index is 12.5. The van der Waals surface area contributed by atoms with Crippen molar-refractivity contribution in [2.75, 3.05) is 25.0 Å². The fraction of sp³-hybridized carbons (Fsp3) is 0.350. The Morgan fingerprint density at radius 2 is 2.04 bits per heavy atom. The van der Waals surface area contributed by atoms with Gasteiger partial charge < -0.3 is 15.5 Å². The summed E-state index contributed by atoms with van der Waals surface area (Å²) in [7, 11) is 1.74. The Morgan fingerprint density at radius 1 is 1.19 bits per heavy atom. The summed E-state index contributed by atoms with van der Waals surface area (Å²) < 4.78 is 0. The molecule has 2 heterocycles. The number of carbonyl (C=O) groups excluding carboxylic acids is 1. The van der Waals surface area contributed by atoms with Gasteiger partial charge in [0.25, 0.3) is 0 Å². The highest BCUT2D eigenvalue weighted by molar-refractivity contribution is 5.95. The van der Waals surface area contributed by atoms with Crippen LogP contribution in [-0.2, 0) is 17.8 Å². The topological polar surface area (TPSA) is 69.6 Å². The molecule has 0 atom stereocenters. The second kappa shape index (κ2) is 8.99. The first-order valence-corrected chi connectivity index (χ1v) is 9.00. The molecule has 1 aliphatic heterocycles. The SMILES string of the molecule is CN=C(NCCCC(=O)N1CCc2ccccc21)NCc1ccccn1. The summed E-state index contributed by atoms with van der Waals surface area (Å²) in [4.78, 5) is 22.9. The lowest BCUT2D eigenvalue weighted by Gasteiger charge is -2.17. The van der Waals surface area contributed by atoms with E-state index < -0.39 is 0 Å². The summed E-state index contributed by atoms with van der Waals surface area (Å²) >= 11 is 0. The molecule has 0 fully saturated rings. The number of benzene rings is 1. The molecule has 6 heteroatoms. The average molecular weight is 351 g/mol. The molecule has 26 heavy (non-hydrogen) atoms. The lowest BCUT2D eigenvalue weighted by molar-refractivity contribution is -0.118. The Bertz CT molecular complexity index is 760. The minimum absolute atomic E-state index is 0.188. The quantitative estimate of drug-likeness (QED) is 0.475. The fourth-order valence-electron chi connectivity index (χ4n) is 3.08. The van der Waals surface area contributed by atoms with Crippen LogP contribution in [0.5, 0.6) is 0 Å². The van der Waals surface area contributed by atoms with Crippen LogP contribution in [0.25, 0.3) is 0 Å². The molecule has 3 rings (SSSR count). The third-order valence-corrected chi connectivity index (χ3v) is 4.43. The van der Waals surface area contributed by atoms with Gasteiger partial charge in [-0.05, 0) is 36.6 Å². The molecule has 1 aromatic carbocycles. The Kier molecular flexibility index (Phi) is 6.19. The third kappa shape index (κ3) is 4.59. The number of fused-ring (bicyclic) bond motifs is 1. The summed E-state index contributed by atoms with van der Waals surface area (Å²) in [5.41, 5.74) is 3.29. The fourth-order valence-corrected chi connectivity index (χ4v) is 3.08. The Morgan fingerprint density at radius 3 is 2.85 bits per heavy atom. The van der Waals surface area contributed by atoms with Gasteiger partial charge in [-0.1, -0.05) is 24.3 Å². The van der Waals surface area contributed by atoms with Gasteiger partial charge in [0.05, 0.1) is 12.2 Å². The molecule has 0 unspecified atom stereocenters. The molecule has 1 aromatic heterocycles. The van der Waals surface area contributed by atoms with E-state index in [0.29, 0.717) is 19.5 Å². The van der Waals surface area contributed by atoms with Crippen molar-refractivity contribution in [2.24, 2.45) is 4.99 Å². The van der Waals surface area contributed by atoms with E-state index in [1.54, 1.807) is 13.2 Å². The third-order valence-electron chi connectivity index (χ3n) is 4.43. The van der Waals surface area contributed by atoms with Crippen molar-refractivity contribution in [2.45, 2.75) is 25.8 Å². The highest BCUT2D eigenvalue weighted by atomic mass is 16.2. The second-order valence-corrected chi connectivity index (χ2v) is 6.20. The number of aliphatic imine (C=N–C) groups is 1. The van der Waals surface area contributed by atoms with Crippen LogP contribution in [0.15, 0.2) is 53.7 Å². The number of guanidine groups is 1. The molecule has 2 N–H and O–H groups in total. The number of amides is 1. The van der Waals surface area contributed by atoms with Crippen LogP contribution in [0.3, 0.4) is 0 Å². The molecule has 136 valence electrons. The maximum Gasteiger partial charge on any atom is 0.227 e. The Hall–Kier alpha value is -2.89. The first-order valence-electron chi connectivity index (χ1n) is 9.00. The molecule has 0 saturated carbocycles. The second-order valence-electron chi connectivity index (χ2n) is 6.20. The summed E-state index contributed by atoms with van der Waals surface area (Å²) in [6.07, 6.45) is 4.01. The molecular weight excluding hydrogens is 326 g/mol. The highest BCUT2D eigenvalue weighted by Crippen LogP contribution is 2.27. The largest absolute Gasteiger partial charge is 0.356 e. The van der Waals surface area contributed by atoms with E-state index in [4.69, 9.17) is 0 Å². The first-order chi connectivity index (χ1) is 12.8. The number of aromatic nitrogens is 1. The lowest BCUT2D eigenvalue weighted by atomic mass is 10.2. The molecule has 0 aliphatic carbocycles. The van der Waals surface area contributed by atoms with Crippen molar-refractivity contribution in [3.8, 4) is 0 Å². The zero-order valence-electron chi connectivity index (χ0n) is 15.1. The molecule has 1 amide bonds. The van der Waals surface area contributed by atoms with E-state index in [9.17, 15) is 4.79 Å². The Labute approximate surface area is 154 Å². The predicted molar refractivity (Wildman–Crippen MR) is 104 cm³/mol. The number of pyridine rings is 1. The van der Waals surface area contributed by atoms with Gasteiger partial charge in [0.2, 0.25) is 5.91 Å². The van der Waals surface area contributed by atoms with E-state index >= 15 is 0 Å². The number of carbonyl (C=O) groups is 1. The van der Waals surface area contributed by atoms with Gasteiger partial charge in [-0.3, -0.25) is 14.8 Å². The minimum atomic E-state index is 0.188. The highest BCUT2D eigenvalue weighted by Gasteiger charge is 2.23. The van der Waals surface area contributed by atoms with Crippen molar-refractivity contribution >= 4 is 17.6 Å². The molecule has 2 aromatic rings. The van der Waals surface area contributed by atoms with Gasteiger partial charge in [-0.15, -0.1) is 0 Å². The van der Waals surface area contributed by atoms with Crippen LogP contribution in [0.1, 0.15) is 24.1 Å². The predicted octanol–water partition coefficient (Wildman–Crippen LogP) is 2.12. The van der Waals surface area contributed by atoms with Crippen LogP contribution < -0.4 is 15.5 Å². The van der Waals surface area contributed by atoms with E-state index in [-0.39, 0.29) is 5.91 Å². The molecule has 1 aliphatic rings. The van der Waals surface area contributed by atoms with Gasteiger partial charge in [0, 0.05) is 38.4 Å². The summed E-state index contributed by atoms with van der Waals surface area (Å²) in [5, 5.41) is 6.47. The number of nitrogens with one attached hydrogen (secondary N) is 2. The van der Waals surface area contributed by atoms with Crippen molar-refractivity contribution in [3.05, 3.63) is 59.9 Å². The van der Waals surface area contributed by atoms with Crippen LogP contribution >= 0.6 is 0 Å². The normalized spacial score (nSPS) is 13.4. The molecule has 0 spiro atoms. The van der Waals surface area contributed by atoms with Crippen molar-refractivity contribution in [1.82, 2.24) is 15.6 Å². The smallest absolute Gasteiger partial charge is 0.227 e. The zero-order valence-corrected chi connectivity index (χ0v) is 15.1.